The van der Waals surface area contributed by atoms with Gasteiger partial charge in [-0.25, -0.2) is 0 Å². The SMILES string of the molecule is CN[C@@H]1CC=CC[C@H]1c1ccccc1C. The Bertz CT molecular complexity index is 354. The van der Waals surface area contributed by atoms with Crippen molar-refractivity contribution >= 4 is 0 Å². The van der Waals surface area contributed by atoms with E-state index in [9.17, 15) is 0 Å². The summed E-state index contributed by atoms with van der Waals surface area (Å²) in [7, 11) is 2.06. The number of allylic oxidation sites excluding steroid dienone is 1. The highest BCUT2D eigenvalue weighted by Gasteiger charge is 2.23. The average molecular weight is 201 g/mol. The van der Waals surface area contributed by atoms with E-state index in [1.165, 1.54) is 11.1 Å². The van der Waals surface area contributed by atoms with E-state index >= 15 is 0 Å². The molecule has 1 heteroatoms. The maximum Gasteiger partial charge on any atom is 0.0170 e. The van der Waals surface area contributed by atoms with Crippen LogP contribution in [0.25, 0.3) is 0 Å². The first-order valence-corrected chi connectivity index (χ1v) is 5.70. The number of nitrogens with one attached hydrogen (secondary N) is 1. The number of likely N-dealkylation sites (N-methyl/N-ethyl adjacent to an activating group) is 1. The molecule has 0 amide bonds. The Kier molecular flexibility index (Phi) is 3.22. The second-order valence-corrected chi connectivity index (χ2v) is 4.30. The second-order valence-electron chi connectivity index (χ2n) is 4.30. The number of hydrogen-bond donors (Lipinski definition) is 1. The van der Waals surface area contributed by atoms with Crippen LogP contribution in [-0.4, -0.2) is 13.1 Å². The normalized spacial score (nSPS) is 25.5. The molecule has 0 fully saturated rings. The van der Waals surface area contributed by atoms with Crippen molar-refractivity contribution in [1.29, 1.82) is 0 Å². The molecule has 0 bridgehead atoms. The van der Waals surface area contributed by atoms with E-state index in [0.717, 1.165) is 12.8 Å². The van der Waals surface area contributed by atoms with Gasteiger partial charge in [0.05, 0.1) is 0 Å². The summed E-state index contributed by atoms with van der Waals surface area (Å²) in [5.41, 5.74) is 2.92. The molecule has 0 aliphatic heterocycles. The minimum atomic E-state index is 0.594. The van der Waals surface area contributed by atoms with Crippen LogP contribution in [0.2, 0.25) is 0 Å². The molecule has 0 heterocycles. The second kappa shape index (κ2) is 4.63. The molecule has 2 atom stereocenters. The molecule has 80 valence electrons. The van der Waals surface area contributed by atoms with Crippen LogP contribution in [0.3, 0.4) is 0 Å². The zero-order valence-corrected chi connectivity index (χ0v) is 9.53. The standard InChI is InChI=1S/C14H19N/c1-11-7-3-4-8-12(11)13-9-5-6-10-14(13)15-2/h3-8,13-15H,9-10H2,1-2H3/t13-,14+/m0/s1. The van der Waals surface area contributed by atoms with Crippen molar-refractivity contribution in [2.75, 3.05) is 7.05 Å². The highest BCUT2D eigenvalue weighted by molar-refractivity contribution is 5.32. The van der Waals surface area contributed by atoms with Gasteiger partial charge >= 0.3 is 0 Å². The van der Waals surface area contributed by atoms with Gasteiger partial charge in [0.25, 0.3) is 0 Å². The summed E-state index contributed by atoms with van der Waals surface area (Å²) in [6.07, 6.45) is 6.91. The molecule has 0 spiro atoms. The molecule has 0 saturated carbocycles. The Morgan fingerprint density at radius 3 is 2.60 bits per heavy atom. The maximum absolute atomic E-state index is 3.43. The van der Waals surface area contributed by atoms with Crippen molar-refractivity contribution in [3.63, 3.8) is 0 Å². The Balaban J connectivity index is 2.29. The van der Waals surface area contributed by atoms with Gasteiger partial charge in [0.15, 0.2) is 0 Å². The van der Waals surface area contributed by atoms with Gasteiger partial charge in [-0.3, -0.25) is 0 Å². The molecule has 1 aromatic rings. The van der Waals surface area contributed by atoms with Crippen molar-refractivity contribution < 1.29 is 0 Å². The highest BCUT2D eigenvalue weighted by Crippen LogP contribution is 2.31. The Morgan fingerprint density at radius 2 is 1.87 bits per heavy atom. The van der Waals surface area contributed by atoms with Crippen molar-refractivity contribution in [2.45, 2.75) is 31.7 Å². The Hall–Kier alpha value is -1.08. The lowest BCUT2D eigenvalue weighted by Crippen LogP contribution is -2.33. The van der Waals surface area contributed by atoms with Gasteiger partial charge in [-0.15, -0.1) is 0 Å². The summed E-state index contributed by atoms with van der Waals surface area (Å²) >= 11 is 0. The molecule has 1 nitrogen and oxygen atoms in total. The molecule has 2 rings (SSSR count). The molecule has 0 aromatic heterocycles. The van der Waals surface area contributed by atoms with Gasteiger partial charge in [0, 0.05) is 12.0 Å². The van der Waals surface area contributed by atoms with E-state index in [0.29, 0.717) is 12.0 Å². The fourth-order valence-corrected chi connectivity index (χ4v) is 2.48. The van der Waals surface area contributed by atoms with E-state index < -0.39 is 0 Å². The summed E-state index contributed by atoms with van der Waals surface area (Å²) in [6.45, 7) is 2.21. The summed E-state index contributed by atoms with van der Waals surface area (Å²) in [5.74, 6) is 0.640. The van der Waals surface area contributed by atoms with E-state index in [4.69, 9.17) is 0 Å². The Labute approximate surface area is 92.2 Å². The molecule has 1 aromatic carbocycles. The first-order chi connectivity index (χ1) is 7.33. The van der Waals surface area contributed by atoms with Gasteiger partial charge in [0.2, 0.25) is 0 Å². The smallest absolute Gasteiger partial charge is 0.0170 e. The molecular weight excluding hydrogens is 182 g/mol. The minimum absolute atomic E-state index is 0.594. The summed E-state index contributed by atoms with van der Waals surface area (Å²) in [5, 5.41) is 3.43. The number of rotatable bonds is 2. The lowest BCUT2D eigenvalue weighted by Gasteiger charge is -2.29. The third kappa shape index (κ3) is 2.13. The fourth-order valence-electron chi connectivity index (χ4n) is 2.48. The van der Waals surface area contributed by atoms with Gasteiger partial charge in [-0.1, -0.05) is 36.4 Å². The van der Waals surface area contributed by atoms with Gasteiger partial charge in [-0.05, 0) is 37.9 Å². The van der Waals surface area contributed by atoms with Crippen LogP contribution in [0.5, 0.6) is 0 Å². The monoisotopic (exact) mass is 201 g/mol. The van der Waals surface area contributed by atoms with Crippen LogP contribution in [0.4, 0.5) is 0 Å². The molecule has 15 heavy (non-hydrogen) atoms. The van der Waals surface area contributed by atoms with Crippen molar-refractivity contribution in [3.8, 4) is 0 Å². The summed E-state index contributed by atoms with van der Waals surface area (Å²) < 4.78 is 0. The predicted molar refractivity (Wildman–Crippen MR) is 65.1 cm³/mol. The van der Waals surface area contributed by atoms with Crippen molar-refractivity contribution in [2.24, 2.45) is 0 Å². The molecule has 1 aliphatic rings. The first-order valence-electron chi connectivity index (χ1n) is 5.70. The minimum Gasteiger partial charge on any atom is -0.316 e. The van der Waals surface area contributed by atoms with Gasteiger partial charge in [0.1, 0.15) is 0 Å². The third-order valence-corrected chi connectivity index (χ3v) is 3.39. The molecular formula is C14H19N. The largest absolute Gasteiger partial charge is 0.316 e. The first kappa shape index (κ1) is 10.4. The summed E-state index contributed by atoms with van der Waals surface area (Å²) in [4.78, 5) is 0. The van der Waals surface area contributed by atoms with Gasteiger partial charge in [-0.2, -0.15) is 0 Å². The highest BCUT2D eigenvalue weighted by atomic mass is 14.9. The van der Waals surface area contributed by atoms with Crippen LogP contribution in [0.1, 0.15) is 29.9 Å². The van der Waals surface area contributed by atoms with E-state index in [-0.39, 0.29) is 0 Å². The molecule has 1 N–H and O–H groups in total. The molecule has 0 saturated heterocycles. The lowest BCUT2D eigenvalue weighted by molar-refractivity contribution is 0.451. The van der Waals surface area contributed by atoms with Gasteiger partial charge < -0.3 is 5.32 Å². The van der Waals surface area contributed by atoms with Crippen LogP contribution in [0.15, 0.2) is 36.4 Å². The molecule has 1 aliphatic carbocycles. The fraction of sp³-hybridized carbons (Fsp3) is 0.429. The topological polar surface area (TPSA) is 12.0 Å². The molecule has 0 unspecified atom stereocenters. The quantitative estimate of drug-likeness (QED) is 0.725. The van der Waals surface area contributed by atoms with Crippen LogP contribution in [0, 0.1) is 6.92 Å². The van der Waals surface area contributed by atoms with E-state index in [1.807, 2.05) is 0 Å². The zero-order valence-electron chi connectivity index (χ0n) is 9.53. The van der Waals surface area contributed by atoms with Crippen LogP contribution >= 0.6 is 0 Å². The van der Waals surface area contributed by atoms with Crippen LogP contribution < -0.4 is 5.32 Å². The number of benzene rings is 1. The third-order valence-electron chi connectivity index (χ3n) is 3.39. The summed E-state index contributed by atoms with van der Waals surface area (Å²) in [6, 6.07) is 9.33. The van der Waals surface area contributed by atoms with Crippen LogP contribution in [-0.2, 0) is 0 Å². The maximum atomic E-state index is 3.43. The number of aryl methyl sites for hydroxylation is 1. The van der Waals surface area contributed by atoms with E-state index in [1.54, 1.807) is 0 Å². The lowest BCUT2D eigenvalue weighted by atomic mass is 9.82. The zero-order chi connectivity index (χ0) is 10.7. The van der Waals surface area contributed by atoms with E-state index in [2.05, 4.69) is 55.7 Å². The number of hydrogen-bond acceptors (Lipinski definition) is 1. The Morgan fingerprint density at radius 1 is 1.13 bits per heavy atom. The molecule has 0 radical (unpaired) electrons. The predicted octanol–water partition coefficient (Wildman–Crippen LogP) is 3.02. The van der Waals surface area contributed by atoms with Crippen molar-refractivity contribution in [1.82, 2.24) is 5.32 Å². The van der Waals surface area contributed by atoms with Crippen molar-refractivity contribution in [3.05, 3.63) is 47.5 Å². The average Bonchev–Trinajstić information content (AvgIpc) is 2.30.